The number of hydrogen-bond acceptors (Lipinski definition) is 6. The molecule has 0 fully saturated rings. The fraction of sp³-hybridized carbons (Fsp3) is 0.125. The molecule has 3 rings (SSSR count). The minimum Gasteiger partial charge on any atom is -0.360 e. The van der Waals surface area contributed by atoms with Crippen LogP contribution in [0.3, 0.4) is 0 Å². The topological polar surface area (TPSA) is 92.9 Å². The molecule has 8 heteroatoms. The van der Waals surface area contributed by atoms with Crippen LogP contribution in [0.2, 0.25) is 5.02 Å². The Balaban J connectivity index is 1.67. The van der Waals surface area contributed by atoms with E-state index in [2.05, 4.69) is 25.8 Å². The van der Waals surface area contributed by atoms with Gasteiger partial charge in [-0.1, -0.05) is 35.0 Å². The number of anilines is 2. The van der Waals surface area contributed by atoms with Gasteiger partial charge in [-0.3, -0.25) is 4.79 Å². The lowest BCUT2D eigenvalue weighted by Gasteiger charge is -2.07. The quantitative estimate of drug-likeness (QED) is 0.738. The first-order valence-corrected chi connectivity index (χ1v) is 7.54. The SMILES string of the molecule is Cc1cc(NC(=O)c2ccnc(NCc3ccccc3Cl)n2)no1. The molecule has 0 atom stereocenters. The Morgan fingerprint density at radius 3 is 2.88 bits per heavy atom. The van der Waals surface area contributed by atoms with Gasteiger partial charge < -0.3 is 15.2 Å². The van der Waals surface area contributed by atoms with E-state index in [0.29, 0.717) is 29.1 Å². The number of carbonyl (C=O) groups is 1. The normalized spacial score (nSPS) is 10.4. The van der Waals surface area contributed by atoms with Gasteiger partial charge in [-0.05, 0) is 24.6 Å². The van der Waals surface area contributed by atoms with E-state index in [1.165, 1.54) is 12.3 Å². The van der Waals surface area contributed by atoms with Gasteiger partial charge in [-0.25, -0.2) is 9.97 Å². The van der Waals surface area contributed by atoms with Crippen molar-refractivity contribution >= 4 is 29.3 Å². The van der Waals surface area contributed by atoms with Gasteiger partial charge in [-0.15, -0.1) is 0 Å². The maximum Gasteiger partial charge on any atom is 0.275 e. The van der Waals surface area contributed by atoms with E-state index in [4.69, 9.17) is 16.1 Å². The third-order valence-corrected chi connectivity index (χ3v) is 3.52. The van der Waals surface area contributed by atoms with Crippen molar-refractivity contribution in [3.8, 4) is 0 Å². The summed E-state index contributed by atoms with van der Waals surface area (Å²) in [6, 6.07) is 10.6. The summed E-state index contributed by atoms with van der Waals surface area (Å²) in [6.07, 6.45) is 1.50. The second-order valence-electron chi connectivity index (χ2n) is 4.99. The monoisotopic (exact) mass is 343 g/mol. The molecule has 0 aliphatic heterocycles. The fourth-order valence-corrected chi connectivity index (χ4v) is 2.19. The third-order valence-electron chi connectivity index (χ3n) is 3.15. The van der Waals surface area contributed by atoms with Gasteiger partial charge in [0.05, 0.1) is 0 Å². The molecule has 3 aromatic rings. The molecule has 0 spiro atoms. The summed E-state index contributed by atoms with van der Waals surface area (Å²) in [4.78, 5) is 20.5. The van der Waals surface area contributed by atoms with Gasteiger partial charge in [0.1, 0.15) is 11.5 Å². The van der Waals surface area contributed by atoms with E-state index >= 15 is 0 Å². The first kappa shape index (κ1) is 15.9. The number of halogens is 1. The number of carbonyl (C=O) groups excluding carboxylic acids is 1. The van der Waals surface area contributed by atoms with Crippen molar-refractivity contribution in [3.05, 3.63) is 64.6 Å². The number of benzene rings is 1. The van der Waals surface area contributed by atoms with Crippen molar-refractivity contribution in [2.24, 2.45) is 0 Å². The van der Waals surface area contributed by atoms with E-state index in [1.54, 1.807) is 13.0 Å². The summed E-state index contributed by atoms with van der Waals surface area (Å²) in [5.41, 5.74) is 1.13. The van der Waals surface area contributed by atoms with E-state index in [0.717, 1.165) is 5.56 Å². The minimum absolute atomic E-state index is 0.215. The lowest BCUT2D eigenvalue weighted by atomic mass is 10.2. The van der Waals surface area contributed by atoms with Crippen molar-refractivity contribution in [1.82, 2.24) is 15.1 Å². The molecular weight excluding hydrogens is 330 g/mol. The molecule has 0 aliphatic carbocycles. The molecule has 1 amide bonds. The summed E-state index contributed by atoms with van der Waals surface area (Å²) in [5, 5.41) is 10.0. The number of nitrogens with zero attached hydrogens (tertiary/aromatic N) is 3. The zero-order valence-electron chi connectivity index (χ0n) is 12.8. The molecule has 0 radical (unpaired) electrons. The Hall–Kier alpha value is -2.93. The van der Waals surface area contributed by atoms with Crippen LogP contribution >= 0.6 is 11.6 Å². The van der Waals surface area contributed by atoms with Gasteiger partial charge in [0, 0.05) is 23.8 Å². The molecule has 122 valence electrons. The first-order valence-electron chi connectivity index (χ1n) is 7.17. The number of amides is 1. The molecule has 0 saturated carbocycles. The van der Waals surface area contributed by atoms with Crippen LogP contribution in [0.25, 0.3) is 0 Å². The molecule has 2 heterocycles. The van der Waals surface area contributed by atoms with Crippen molar-refractivity contribution < 1.29 is 9.32 Å². The van der Waals surface area contributed by atoms with E-state index in [1.807, 2.05) is 24.3 Å². The Morgan fingerprint density at radius 1 is 1.29 bits per heavy atom. The highest BCUT2D eigenvalue weighted by Gasteiger charge is 2.11. The average Bonchev–Trinajstić information content (AvgIpc) is 2.99. The van der Waals surface area contributed by atoms with Gasteiger partial charge >= 0.3 is 0 Å². The van der Waals surface area contributed by atoms with Gasteiger partial charge in [0.15, 0.2) is 5.82 Å². The van der Waals surface area contributed by atoms with Crippen LogP contribution in [0.4, 0.5) is 11.8 Å². The van der Waals surface area contributed by atoms with Crippen LogP contribution in [-0.4, -0.2) is 21.0 Å². The number of aromatic nitrogens is 3. The predicted molar refractivity (Wildman–Crippen MR) is 90.0 cm³/mol. The number of nitrogens with one attached hydrogen (secondary N) is 2. The highest BCUT2D eigenvalue weighted by atomic mass is 35.5. The molecular formula is C16H14ClN5O2. The first-order chi connectivity index (χ1) is 11.6. The highest BCUT2D eigenvalue weighted by Crippen LogP contribution is 2.16. The van der Waals surface area contributed by atoms with Crippen LogP contribution < -0.4 is 10.6 Å². The Kier molecular flexibility index (Phi) is 4.72. The van der Waals surface area contributed by atoms with Crippen LogP contribution in [0.15, 0.2) is 47.1 Å². The number of aryl methyl sites for hydroxylation is 1. The van der Waals surface area contributed by atoms with Crippen LogP contribution in [0, 0.1) is 6.92 Å². The van der Waals surface area contributed by atoms with Crippen molar-refractivity contribution in [2.75, 3.05) is 10.6 Å². The molecule has 2 N–H and O–H groups in total. The average molecular weight is 344 g/mol. The maximum atomic E-state index is 12.2. The van der Waals surface area contributed by atoms with Gasteiger partial charge in [0.2, 0.25) is 5.95 Å². The molecule has 24 heavy (non-hydrogen) atoms. The number of rotatable bonds is 5. The Morgan fingerprint density at radius 2 is 2.12 bits per heavy atom. The second-order valence-corrected chi connectivity index (χ2v) is 5.39. The molecule has 0 unspecified atom stereocenters. The van der Waals surface area contributed by atoms with E-state index < -0.39 is 5.91 Å². The summed E-state index contributed by atoms with van der Waals surface area (Å²) < 4.78 is 4.90. The smallest absolute Gasteiger partial charge is 0.275 e. The fourth-order valence-electron chi connectivity index (χ4n) is 1.99. The molecule has 2 aromatic heterocycles. The molecule has 7 nitrogen and oxygen atoms in total. The summed E-state index contributed by atoms with van der Waals surface area (Å²) in [5.74, 6) is 0.877. The number of hydrogen-bond donors (Lipinski definition) is 2. The highest BCUT2D eigenvalue weighted by molar-refractivity contribution is 6.31. The molecule has 1 aromatic carbocycles. The second kappa shape index (κ2) is 7.10. The third kappa shape index (κ3) is 3.88. The van der Waals surface area contributed by atoms with Crippen LogP contribution in [0.5, 0.6) is 0 Å². The lowest BCUT2D eigenvalue weighted by Crippen LogP contribution is -2.15. The largest absolute Gasteiger partial charge is 0.360 e. The van der Waals surface area contributed by atoms with Crippen molar-refractivity contribution in [3.63, 3.8) is 0 Å². The molecule has 0 bridgehead atoms. The summed E-state index contributed by atoms with van der Waals surface area (Å²) in [7, 11) is 0. The van der Waals surface area contributed by atoms with Crippen molar-refractivity contribution in [1.29, 1.82) is 0 Å². The lowest BCUT2D eigenvalue weighted by molar-refractivity contribution is 0.102. The van der Waals surface area contributed by atoms with Crippen LogP contribution in [-0.2, 0) is 6.54 Å². The predicted octanol–water partition coefficient (Wildman–Crippen LogP) is 3.29. The minimum atomic E-state index is -0.397. The molecule has 0 saturated heterocycles. The zero-order valence-corrected chi connectivity index (χ0v) is 13.5. The Bertz CT molecular complexity index is 865. The summed E-state index contributed by atoms with van der Waals surface area (Å²) >= 11 is 6.10. The van der Waals surface area contributed by atoms with E-state index in [-0.39, 0.29) is 5.69 Å². The zero-order chi connectivity index (χ0) is 16.9. The Labute approximate surface area is 143 Å². The van der Waals surface area contributed by atoms with Gasteiger partial charge in [0.25, 0.3) is 5.91 Å². The summed E-state index contributed by atoms with van der Waals surface area (Å²) in [6.45, 7) is 2.19. The molecule has 0 aliphatic rings. The van der Waals surface area contributed by atoms with E-state index in [9.17, 15) is 4.79 Å². The van der Waals surface area contributed by atoms with Gasteiger partial charge in [-0.2, -0.15) is 0 Å². The van der Waals surface area contributed by atoms with Crippen molar-refractivity contribution in [2.45, 2.75) is 13.5 Å². The standard InChI is InChI=1S/C16H14ClN5O2/c1-10-8-14(22-24-10)21-15(23)13-6-7-18-16(20-13)19-9-11-4-2-3-5-12(11)17/h2-8H,9H2,1H3,(H,18,19,20)(H,21,22,23). The van der Waals surface area contributed by atoms with Crippen LogP contribution in [0.1, 0.15) is 21.8 Å². The maximum absolute atomic E-state index is 12.2.